The third-order valence-electron chi connectivity index (χ3n) is 3.34. The summed E-state index contributed by atoms with van der Waals surface area (Å²) in [6.45, 7) is 2.28. The van der Waals surface area contributed by atoms with Crippen LogP contribution < -0.4 is 10.6 Å². The number of aromatic nitrogens is 1. The zero-order valence-corrected chi connectivity index (χ0v) is 12.5. The third-order valence-corrected chi connectivity index (χ3v) is 4.31. The summed E-state index contributed by atoms with van der Waals surface area (Å²) in [5.74, 6) is 0.117. The summed E-state index contributed by atoms with van der Waals surface area (Å²) in [6, 6.07) is 4.51. The van der Waals surface area contributed by atoms with Crippen LogP contribution in [0.4, 0.5) is 14.9 Å². The van der Waals surface area contributed by atoms with E-state index in [4.69, 9.17) is 0 Å². The Balaban J connectivity index is 1.55. The lowest BCUT2D eigenvalue weighted by molar-refractivity contribution is 0.251. The summed E-state index contributed by atoms with van der Waals surface area (Å²) >= 11 is 1.50. The van der Waals surface area contributed by atoms with Gasteiger partial charge in [0.25, 0.3) is 0 Å². The van der Waals surface area contributed by atoms with Crippen molar-refractivity contribution in [2.45, 2.75) is 32.2 Å². The Kier molecular flexibility index (Phi) is 3.88. The van der Waals surface area contributed by atoms with Crippen LogP contribution >= 0.6 is 11.3 Å². The maximum atomic E-state index is 13.9. The predicted octanol–water partition coefficient (Wildman–Crippen LogP) is 3.79. The number of nitrogens with zero attached hydrogens (tertiary/aromatic N) is 1. The van der Waals surface area contributed by atoms with E-state index in [2.05, 4.69) is 15.6 Å². The van der Waals surface area contributed by atoms with Crippen molar-refractivity contribution >= 4 is 23.1 Å². The number of thiazole rings is 1. The first kappa shape index (κ1) is 14.0. The molecule has 110 valence electrons. The molecule has 2 N–H and O–H groups in total. The van der Waals surface area contributed by atoms with E-state index in [1.165, 1.54) is 17.4 Å². The van der Waals surface area contributed by atoms with E-state index in [0.717, 1.165) is 29.1 Å². The van der Waals surface area contributed by atoms with Crippen LogP contribution in [0.2, 0.25) is 0 Å². The zero-order valence-electron chi connectivity index (χ0n) is 11.6. The minimum Gasteiger partial charge on any atom is -0.331 e. The van der Waals surface area contributed by atoms with E-state index in [9.17, 15) is 9.18 Å². The topological polar surface area (TPSA) is 54.0 Å². The molecule has 0 atom stereocenters. The SMILES string of the molecule is Cc1csc(CNC(=O)Nc2ccc(C3CC3)c(F)c2)n1. The molecule has 2 aromatic rings. The molecule has 3 rings (SSSR count). The molecule has 0 spiro atoms. The number of amides is 2. The van der Waals surface area contributed by atoms with Crippen molar-refractivity contribution in [3.63, 3.8) is 0 Å². The molecule has 0 aliphatic heterocycles. The van der Waals surface area contributed by atoms with Gasteiger partial charge in [-0.05, 0) is 43.4 Å². The largest absolute Gasteiger partial charge is 0.331 e. The Hall–Kier alpha value is -1.95. The van der Waals surface area contributed by atoms with Crippen LogP contribution in [-0.2, 0) is 6.54 Å². The number of anilines is 1. The molecule has 1 heterocycles. The molecule has 2 amide bonds. The molecule has 1 fully saturated rings. The van der Waals surface area contributed by atoms with Gasteiger partial charge in [-0.25, -0.2) is 14.2 Å². The van der Waals surface area contributed by atoms with Crippen molar-refractivity contribution in [3.05, 3.63) is 45.7 Å². The number of carbonyl (C=O) groups excluding carboxylic acids is 1. The summed E-state index contributed by atoms with van der Waals surface area (Å²) < 4.78 is 13.9. The van der Waals surface area contributed by atoms with Gasteiger partial charge < -0.3 is 10.6 Å². The Morgan fingerprint density at radius 3 is 2.90 bits per heavy atom. The van der Waals surface area contributed by atoms with Crippen molar-refractivity contribution in [3.8, 4) is 0 Å². The molecule has 0 saturated heterocycles. The Morgan fingerprint density at radius 1 is 1.48 bits per heavy atom. The number of rotatable bonds is 4. The van der Waals surface area contributed by atoms with Crippen LogP contribution in [-0.4, -0.2) is 11.0 Å². The van der Waals surface area contributed by atoms with Crippen LogP contribution in [0.3, 0.4) is 0 Å². The molecule has 4 nitrogen and oxygen atoms in total. The van der Waals surface area contributed by atoms with E-state index >= 15 is 0 Å². The number of nitrogens with one attached hydrogen (secondary N) is 2. The summed E-state index contributed by atoms with van der Waals surface area (Å²) in [7, 11) is 0. The highest BCUT2D eigenvalue weighted by Gasteiger charge is 2.26. The smallest absolute Gasteiger partial charge is 0.319 e. The van der Waals surface area contributed by atoms with E-state index in [1.54, 1.807) is 12.1 Å². The lowest BCUT2D eigenvalue weighted by Crippen LogP contribution is -2.28. The van der Waals surface area contributed by atoms with E-state index in [-0.39, 0.29) is 11.8 Å². The highest BCUT2D eigenvalue weighted by atomic mass is 32.1. The van der Waals surface area contributed by atoms with Crippen LogP contribution in [0.25, 0.3) is 0 Å². The van der Waals surface area contributed by atoms with Crippen LogP contribution in [0, 0.1) is 12.7 Å². The summed E-state index contributed by atoms with van der Waals surface area (Å²) in [6.07, 6.45) is 2.11. The highest BCUT2D eigenvalue weighted by molar-refractivity contribution is 7.09. The van der Waals surface area contributed by atoms with Crippen molar-refractivity contribution in [1.82, 2.24) is 10.3 Å². The first-order valence-corrected chi connectivity index (χ1v) is 7.75. The summed E-state index contributed by atoms with van der Waals surface area (Å²) in [5.41, 5.74) is 2.15. The Bertz CT molecular complexity index is 667. The van der Waals surface area contributed by atoms with Gasteiger partial charge in [0, 0.05) is 16.8 Å². The third kappa shape index (κ3) is 3.58. The van der Waals surface area contributed by atoms with E-state index in [0.29, 0.717) is 18.2 Å². The van der Waals surface area contributed by atoms with Gasteiger partial charge in [-0.15, -0.1) is 11.3 Å². The molecule has 1 aromatic carbocycles. The predicted molar refractivity (Wildman–Crippen MR) is 81.1 cm³/mol. The van der Waals surface area contributed by atoms with Crippen molar-refractivity contribution in [2.24, 2.45) is 0 Å². The number of hydrogen-bond donors (Lipinski definition) is 2. The average molecular weight is 305 g/mol. The molecule has 0 radical (unpaired) electrons. The number of halogens is 1. The summed E-state index contributed by atoms with van der Waals surface area (Å²) in [5, 5.41) is 8.12. The number of aryl methyl sites for hydroxylation is 1. The van der Waals surface area contributed by atoms with Gasteiger partial charge in [0.2, 0.25) is 0 Å². The minimum absolute atomic E-state index is 0.245. The first-order chi connectivity index (χ1) is 10.1. The molecular weight excluding hydrogens is 289 g/mol. The van der Waals surface area contributed by atoms with Crippen molar-refractivity contribution in [2.75, 3.05) is 5.32 Å². The Morgan fingerprint density at radius 2 is 2.29 bits per heavy atom. The molecule has 21 heavy (non-hydrogen) atoms. The molecule has 1 saturated carbocycles. The number of benzene rings is 1. The maximum absolute atomic E-state index is 13.9. The first-order valence-electron chi connectivity index (χ1n) is 6.87. The minimum atomic E-state index is -0.360. The molecule has 1 aliphatic carbocycles. The molecule has 6 heteroatoms. The van der Waals surface area contributed by atoms with Gasteiger partial charge in [-0.2, -0.15) is 0 Å². The highest BCUT2D eigenvalue weighted by Crippen LogP contribution is 2.41. The van der Waals surface area contributed by atoms with E-state index < -0.39 is 0 Å². The van der Waals surface area contributed by atoms with Gasteiger partial charge in [-0.3, -0.25) is 0 Å². The van der Waals surface area contributed by atoms with Gasteiger partial charge >= 0.3 is 6.03 Å². The molecule has 0 bridgehead atoms. The second-order valence-electron chi connectivity index (χ2n) is 5.20. The quantitative estimate of drug-likeness (QED) is 0.903. The molecule has 1 aliphatic rings. The van der Waals surface area contributed by atoms with E-state index in [1.807, 2.05) is 12.3 Å². The fourth-order valence-electron chi connectivity index (χ4n) is 2.15. The lowest BCUT2D eigenvalue weighted by Gasteiger charge is -2.08. The van der Waals surface area contributed by atoms with Crippen molar-refractivity contribution in [1.29, 1.82) is 0 Å². The normalized spacial score (nSPS) is 14.0. The van der Waals surface area contributed by atoms with Crippen molar-refractivity contribution < 1.29 is 9.18 Å². The fourth-order valence-corrected chi connectivity index (χ4v) is 2.86. The van der Waals surface area contributed by atoms with Crippen LogP contribution in [0.5, 0.6) is 0 Å². The maximum Gasteiger partial charge on any atom is 0.319 e. The molecular formula is C15H16FN3OS. The molecule has 1 aromatic heterocycles. The van der Waals surface area contributed by atoms with Gasteiger partial charge in [-0.1, -0.05) is 6.07 Å². The Labute approximate surface area is 126 Å². The standard InChI is InChI=1S/C15H16FN3OS/c1-9-8-21-14(18-9)7-17-15(20)19-11-4-5-12(10-2-3-10)13(16)6-11/h4-6,8,10H,2-3,7H2,1H3,(H2,17,19,20). The number of hydrogen-bond acceptors (Lipinski definition) is 3. The molecule has 0 unspecified atom stereocenters. The average Bonchev–Trinajstić information content (AvgIpc) is 3.19. The van der Waals surface area contributed by atoms with Crippen LogP contribution in [0.1, 0.15) is 35.0 Å². The second-order valence-corrected chi connectivity index (χ2v) is 6.14. The number of carbonyl (C=O) groups is 1. The zero-order chi connectivity index (χ0) is 14.8. The second kappa shape index (κ2) is 5.81. The van der Waals surface area contributed by atoms with Gasteiger partial charge in [0.1, 0.15) is 10.8 Å². The number of urea groups is 1. The van der Waals surface area contributed by atoms with Crippen LogP contribution in [0.15, 0.2) is 23.6 Å². The lowest BCUT2D eigenvalue weighted by atomic mass is 10.1. The summed E-state index contributed by atoms with van der Waals surface area (Å²) in [4.78, 5) is 16.0. The monoisotopic (exact) mass is 305 g/mol. The van der Waals surface area contributed by atoms with Gasteiger partial charge in [0.05, 0.1) is 6.54 Å². The fraction of sp³-hybridized carbons (Fsp3) is 0.333. The van der Waals surface area contributed by atoms with Gasteiger partial charge in [0.15, 0.2) is 0 Å².